The van der Waals surface area contributed by atoms with Gasteiger partial charge in [0.15, 0.2) is 5.82 Å². The summed E-state index contributed by atoms with van der Waals surface area (Å²) in [5.41, 5.74) is 4.71. The zero-order valence-electron chi connectivity index (χ0n) is 27.2. The molecule has 2 amide bonds. The van der Waals surface area contributed by atoms with Gasteiger partial charge in [0.25, 0.3) is 11.5 Å². The van der Waals surface area contributed by atoms with E-state index < -0.39 is 11.7 Å². The molecular formula is C37H33FN6O3S2. The lowest BCUT2D eigenvalue weighted by Crippen LogP contribution is -2.24. The lowest BCUT2D eigenvalue weighted by atomic mass is 9.95. The van der Waals surface area contributed by atoms with E-state index in [1.165, 1.54) is 39.9 Å². The van der Waals surface area contributed by atoms with Crippen molar-refractivity contribution in [3.05, 3.63) is 116 Å². The quantitative estimate of drug-likeness (QED) is 0.127. The van der Waals surface area contributed by atoms with E-state index in [2.05, 4.69) is 15.6 Å². The second kappa shape index (κ2) is 13.4. The molecule has 3 aromatic heterocycles. The highest BCUT2D eigenvalue weighted by molar-refractivity contribution is 8.00. The predicted molar refractivity (Wildman–Crippen MR) is 194 cm³/mol. The van der Waals surface area contributed by atoms with E-state index in [-0.39, 0.29) is 22.9 Å². The van der Waals surface area contributed by atoms with Crippen LogP contribution in [0.4, 0.5) is 15.1 Å². The van der Waals surface area contributed by atoms with Gasteiger partial charge >= 0.3 is 0 Å². The molecule has 0 spiro atoms. The van der Waals surface area contributed by atoms with Crippen molar-refractivity contribution in [2.24, 2.45) is 7.05 Å². The Bertz CT molecular complexity index is 2310. The van der Waals surface area contributed by atoms with Crippen LogP contribution >= 0.6 is 23.1 Å². The Labute approximate surface area is 290 Å². The van der Waals surface area contributed by atoms with Crippen molar-refractivity contribution in [1.82, 2.24) is 19.3 Å². The normalized spacial score (nSPS) is 12.6. The van der Waals surface area contributed by atoms with E-state index in [9.17, 15) is 18.8 Å². The number of nitrogens with zero attached hydrogens (tertiary/aromatic N) is 4. The summed E-state index contributed by atoms with van der Waals surface area (Å²) < 4.78 is 17.5. The van der Waals surface area contributed by atoms with Gasteiger partial charge in [-0.05, 0) is 74.9 Å². The highest BCUT2D eigenvalue weighted by atomic mass is 32.2. The van der Waals surface area contributed by atoms with Crippen LogP contribution in [0.2, 0.25) is 0 Å². The molecule has 0 saturated heterocycles. The molecule has 3 heterocycles. The Kier molecular flexibility index (Phi) is 8.91. The second-order valence-electron chi connectivity index (χ2n) is 12.0. The smallest absolute Gasteiger partial charge is 0.295 e. The van der Waals surface area contributed by atoms with Gasteiger partial charge in [-0.15, -0.1) is 11.3 Å². The van der Waals surface area contributed by atoms with Gasteiger partial charge in [-0.25, -0.2) is 19.0 Å². The molecule has 3 aromatic carbocycles. The van der Waals surface area contributed by atoms with Gasteiger partial charge in [-0.3, -0.25) is 19.1 Å². The SMILES string of the molecule is Cc1ccccc1-c1nc(SCC(=O)Nc2sc3c(c2C(=O)Nc2c(C)n(C)n(-c4ccccc4)c2=O)CCCC3)c2ccc(F)cc2n1. The van der Waals surface area contributed by atoms with Gasteiger partial charge in [0.2, 0.25) is 5.91 Å². The summed E-state index contributed by atoms with van der Waals surface area (Å²) in [6.07, 6.45) is 3.47. The molecule has 0 unspecified atom stereocenters. The number of hydrogen-bond acceptors (Lipinski definition) is 7. The van der Waals surface area contributed by atoms with Gasteiger partial charge in [0.05, 0.1) is 28.2 Å². The topological polar surface area (TPSA) is 111 Å². The molecule has 2 N–H and O–H groups in total. The number of anilines is 2. The number of fused-ring (bicyclic) bond motifs is 2. The van der Waals surface area contributed by atoms with Crippen LogP contribution in [0.3, 0.4) is 0 Å². The third-order valence-electron chi connectivity index (χ3n) is 8.79. The van der Waals surface area contributed by atoms with Crippen molar-refractivity contribution in [2.45, 2.75) is 44.6 Å². The number of amides is 2. The fourth-order valence-electron chi connectivity index (χ4n) is 6.21. The molecule has 0 aliphatic heterocycles. The van der Waals surface area contributed by atoms with Gasteiger partial charge in [0, 0.05) is 28.9 Å². The number of hydrogen-bond donors (Lipinski definition) is 2. The maximum absolute atomic E-state index is 14.2. The molecule has 1 aliphatic rings. The second-order valence-corrected chi connectivity index (χ2v) is 14.0. The molecule has 248 valence electrons. The van der Waals surface area contributed by atoms with E-state index in [0.717, 1.165) is 40.8 Å². The minimum atomic E-state index is -0.431. The number of thioether (sulfide) groups is 1. The highest BCUT2D eigenvalue weighted by Gasteiger charge is 2.28. The maximum Gasteiger partial charge on any atom is 0.295 e. The van der Waals surface area contributed by atoms with E-state index in [0.29, 0.717) is 50.1 Å². The van der Waals surface area contributed by atoms with Gasteiger partial charge in [0.1, 0.15) is 21.5 Å². The third kappa shape index (κ3) is 6.29. The number of aryl methyl sites for hydroxylation is 2. The standard InChI is InChI=1S/C37H33FN6O3S2/c1-21-11-7-8-14-25(21)33-39-28-19-23(38)17-18-26(28)35(42-33)48-20-30(45)40-36-31(27-15-9-10-16-29(27)49-36)34(46)41-32-22(2)43(3)44(37(32)47)24-12-5-4-6-13-24/h4-8,11-14,17-19H,9-10,15-16,20H2,1-3H3,(H,40,45)(H,41,46). The summed E-state index contributed by atoms with van der Waals surface area (Å²) in [4.78, 5) is 51.6. The molecule has 6 aromatic rings. The summed E-state index contributed by atoms with van der Waals surface area (Å²) in [6.45, 7) is 3.75. The first-order chi connectivity index (χ1) is 23.7. The van der Waals surface area contributed by atoms with Crippen molar-refractivity contribution in [2.75, 3.05) is 16.4 Å². The van der Waals surface area contributed by atoms with Crippen LogP contribution < -0.4 is 16.2 Å². The number of rotatable bonds is 8. The number of aromatic nitrogens is 4. The molecule has 49 heavy (non-hydrogen) atoms. The Balaban J connectivity index is 1.16. The molecular weight excluding hydrogens is 660 g/mol. The zero-order valence-corrected chi connectivity index (χ0v) is 28.8. The fourth-order valence-corrected chi connectivity index (χ4v) is 8.33. The molecule has 9 nitrogen and oxygen atoms in total. The van der Waals surface area contributed by atoms with E-state index >= 15 is 0 Å². The summed E-state index contributed by atoms with van der Waals surface area (Å²) in [5.74, 6) is -0.703. The minimum absolute atomic E-state index is 0.0000947. The first-order valence-electron chi connectivity index (χ1n) is 16.0. The summed E-state index contributed by atoms with van der Waals surface area (Å²) in [7, 11) is 1.77. The summed E-state index contributed by atoms with van der Waals surface area (Å²) in [6, 6.07) is 21.3. The maximum atomic E-state index is 14.2. The number of benzene rings is 3. The Hall–Kier alpha value is -5.07. The van der Waals surface area contributed by atoms with E-state index in [4.69, 9.17) is 4.98 Å². The van der Waals surface area contributed by atoms with Crippen LogP contribution in [0.15, 0.2) is 82.6 Å². The van der Waals surface area contributed by atoms with Crippen LogP contribution in [0.1, 0.15) is 44.9 Å². The lowest BCUT2D eigenvalue weighted by Gasteiger charge is -2.13. The Morgan fingerprint density at radius 2 is 1.71 bits per heavy atom. The van der Waals surface area contributed by atoms with Crippen molar-refractivity contribution in [1.29, 1.82) is 0 Å². The van der Waals surface area contributed by atoms with Crippen molar-refractivity contribution in [3.8, 4) is 17.1 Å². The number of carbonyl (C=O) groups excluding carboxylic acids is 2. The molecule has 12 heteroatoms. The number of para-hydroxylation sites is 1. The number of halogens is 1. The molecule has 7 rings (SSSR count). The largest absolute Gasteiger partial charge is 0.316 e. The predicted octanol–water partition coefficient (Wildman–Crippen LogP) is 7.47. The Morgan fingerprint density at radius 3 is 2.51 bits per heavy atom. The van der Waals surface area contributed by atoms with Crippen molar-refractivity contribution >= 4 is 56.5 Å². The summed E-state index contributed by atoms with van der Waals surface area (Å²) in [5, 5.41) is 7.54. The number of carbonyl (C=O) groups is 2. The average molecular weight is 693 g/mol. The lowest BCUT2D eigenvalue weighted by molar-refractivity contribution is -0.113. The summed E-state index contributed by atoms with van der Waals surface area (Å²) >= 11 is 2.64. The van der Waals surface area contributed by atoms with Crippen LogP contribution in [-0.4, -0.2) is 36.9 Å². The fraction of sp³-hybridized carbons (Fsp3) is 0.216. The van der Waals surface area contributed by atoms with E-state index in [1.807, 2.05) is 61.5 Å². The Morgan fingerprint density at radius 1 is 0.959 bits per heavy atom. The molecule has 0 bridgehead atoms. The van der Waals surface area contributed by atoms with Crippen molar-refractivity contribution < 1.29 is 14.0 Å². The third-order valence-corrected chi connectivity index (χ3v) is 11.0. The minimum Gasteiger partial charge on any atom is -0.316 e. The monoisotopic (exact) mass is 692 g/mol. The van der Waals surface area contributed by atoms with Crippen LogP contribution in [0.5, 0.6) is 0 Å². The van der Waals surface area contributed by atoms with Crippen molar-refractivity contribution in [3.63, 3.8) is 0 Å². The molecule has 1 aliphatic carbocycles. The van der Waals surface area contributed by atoms with Gasteiger partial charge in [-0.1, -0.05) is 54.2 Å². The number of thiophene rings is 1. The number of nitrogens with one attached hydrogen (secondary N) is 2. The van der Waals surface area contributed by atoms with Crippen LogP contribution in [-0.2, 0) is 24.7 Å². The molecule has 0 radical (unpaired) electrons. The zero-order chi connectivity index (χ0) is 34.2. The average Bonchev–Trinajstić information content (AvgIpc) is 3.56. The van der Waals surface area contributed by atoms with Gasteiger partial charge in [-0.2, -0.15) is 0 Å². The first kappa shape index (κ1) is 32.5. The van der Waals surface area contributed by atoms with Crippen LogP contribution in [0.25, 0.3) is 28.0 Å². The van der Waals surface area contributed by atoms with Gasteiger partial charge < -0.3 is 10.6 Å². The van der Waals surface area contributed by atoms with Crippen LogP contribution in [0, 0.1) is 19.7 Å². The molecule has 0 fully saturated rings. The van der Waals surface area contributed by atoms with E-state index in [1.54, 1.807) is 24.7 Å². The molecule has 0 atom stereocenters. The molecule has 0 saturated carbocycles. The highest BCUT2D eigenvalue weighted by Crippen LogP contribution is 2.39. The first-order valence-corrected chi connectivity index (χ1v) is 17.8.